The largest absolute Gasteiger partial charge is 0.454 e. The van der Waals surface area contributed by atoms with Crippen LogP contribution in [0, 0.1) is 24.0 Å². The van der Waals surface area contributed by atoms with Gasteiger partial charge in [0.05, 0.1) is 15.4 Å². The molecule has 0 bridgehead atoms. The normalized spacial score (nSPS) is 10.4. The van der Waals surface area contributed by atoms with Gasteiger partial charge in [-0.15, -0.1) is 11.8 Å². The molecule has 0 aliphatic rings. The second kappa shape index (κ2) is 7.94. The number of hydrogen-bond donors (Lipinski definition) is 0. The van der Waals surface area contributed by atoms with Gasteiger partial charge >= 0.3 is 5.97 Å². The first-order chi connectivity index (χ1) is 11.8. The maximum absolute atomic E-state index is 12.2. The molecule has 0 amide bonds. The lowest BCUT2D eigenvalue weighted by Gasteiger charge is -2.08. The number of thioether (sulfide) groups is 1. The van der Waals surface area contributed by atoms with Crippen molar-refractivity contribution >= 4 is 29.2 Å². The van der Waals surface area contributed by atoms with E-state index < -0.39 is 17.5 Å². The highest BCUT2D eigenvalue weighted by atomic mass is 32.2. The number of nitro groups is 1. The Morgan fingerprint density at radius 1 is 1.16 bits per heavy atom. The smallest absolute Gasteiger partial charge is 0.338 e. The van der Waals surface area contributed by atoms with Gasteiger partial charge in [-0.2, -0.15) is 0 Å². The van der Waals surface area contributed by atoms with Gasteiger partial charge in [0, 0.05) is 11.6 Å². The van der Waals surface area contributed by atoms with Crippen molar-refractivity contribution in [3.05, 3.63) is 68.8 Å². The van der Waals surface area contributed by atoms with E-state index in [0.29, 0.717) is 10.5 Å². The van der Waals surface area contributed by atoms with Crippen LogP contribution in [0.2, 0.25) is 0 Å². The minimum absolute atomic E-state index is 0.0397. The molecule has 2 aromatic carbocycles. The predicted octanol–water partition coefficient (Wildman–Crippen LogP) is 3.97. The second-order valence-electron chi connectivity index (χ2n) is 5.46. The van der Waals surface area contributed by atoms with Crippen molar-refractivity contribution in [2.45, 2.75) is 18.7 Å². The highest BCUT2D eigenvalue weighted by molar-refractivity contribution is 7.98. The van der Waals surface area contributed by atoms with Crippen molar-refractivity contribution in [3.8, 4) is 0 Å². The molecular weight excluding hydrogens is 342 g/mol. The van der Waals surface area contributed by atoms with Crippen LogP contribution >= 0.6 is 11.8 Å². The van der Waals surface area contributed by atoms with Crippen LogP contribution in [-0.4, -0.2) is 29.5 Å². The molecule has 0 atom stereocenters. The fourth-order valence-corrected chi connectivity index (χ4v) is 2.92. The standard InChI is InChI=1S/C18H17NO5S/c1-11-4-6-14(12(2)8-11)16(20)10-24-18(21)13-5-7-17(25-3)15(9-13)19(22)23/h4-9H,10H2,1-3H3. The third-order valence-corrected chi connectivity index (χ3v) is 4.41. The first-order valence-corrected chi connectivity index (χ1v) is 8.66. The van der Waals surface area contributed by atoms with Gasteiger partial charge in [0.15, 0.2) is 6.61 Å². The topological polar surface area (TPSA) is 86.5 Å². The Labute approximate surface area is 149 Å². The molecular formula is C18H17NO5S. The predicted molar refractivity (Wildman–Crippen MR) is 95.4 cm³/mol. The van der Waals surface area contributed by atoms with Crippen molar-refractivity contribution in [2.24, 2.45) is 0 Å². The molecule has 0 aliphatic carbocycles. The minimum Gasteiger partial charge on any atom is -0.454 e. The zero-order valence-corrected chi connectivity index (χ0v) is 14.9. The Kier molecular flexibility index (Phi) is 5.93. The van der Waals surface area contributed by atoms with E-state index in [4.69, 9.17) is 4.74 Å². The number of Topliss-reactive ketones (excluding diaryl/α,β-unsaturated/α-hetero) is 1. The Morgan fingerprint density at radius 2 is 1.88 bits per heavy atom. The van der Waals surface area contributed by atoms with Crippen LogP contribution in [0.4, 0.5) is 5.69 Å². The number of ether oxygens (including phenoxy) is 1. The Bertz CT molecular complexity index is 847. The van der Waals surface area contributed by atoms with E-state index in [-0.39, 0.29) is 17.0 Å². The first-order valence-electron chi connectivity index (χ1n) is 7.43. The number of ketones is 1. The van der Waals surface area contributed by atoms with Gasteiger partial charge in [-0.05, 0) is 37.8 Å². The van der Waals surface area contributed by atoms with Crippen LogP contribution in [-0.2, 0) is 4.74 Å². The van der Waals surface area contributed by atoms with E-state index >= 15 is 0 Å². The summed E-state index contributed by atoms with van der Waals surface area (Å²) in [5.41, 5.74) is 2.20. The molecule has 0 unspecified atom stereocenters. The molecule has 25 heavy (non-hydrogen) atoms. The summed E-state index contributed by atoms with van der Waals surface area (Å²) in [6, 6.07) is 9.48. The monoisotopic (exact) mass is 359 g/mol. The van der Waals surface area contributed by atoms with Crippen LogP contribution in [0.5, 0.6) is 0 Å². The number of hydrogen-bond acceptors (Lipinski definition) is 6. The van der Waals surface area contributed by atoms with Gasteiger partial charge in [-0.25, -0.2) is 4.79 Å². The van der Waals surface area contributed by atoms with Crippen LogP contribution in [0.15, 0.2) is 41.3 Å². The first kappa shape index (κ1) is 18.7. The molecule has 6 nitrogen and oxygen atoms in total. The van der Waals surface area contributed by atoms with Crippen LogP contribution in [0.3, 0.4) is 0 Å². The summed E-state index contributed by atoms with van der Waals surface area (Å²) in [5.74, 6) is -1.09. The van der Waals surface area contributed by atoms with E-state index in [1.165, 1.54) is 23.9 Å². The zero-order chi connectivity index (χ0) is 18.6. The maximum Gasteiger partial charge on any atom is 0.338 e. The molecule has 0 N–H and O–H groups in total. The van der Waals surface area contributed by atoms with Gasteiger partial charge in [0.25, 0.3) is 5.69 Å². The number of rotatable bonds is 6. The number of benzene rings is 2. The van der Waals surface area contributed by atoms with E-state index in [1.807, 2.05) is 26.0 Å². The minimum atomic E-state index is -0.770. The third kappa shape index (κ3) is 4.45. The van der Waals surface area contributed by atoms with Gasteiger partial charge in [0.1, 0.15) is 0 Å². The average Bonchev–Trinajstić information content (AvgIpc) is 2.58. The fourth-order valence-electron chi connectivity index (χ4n) is 2.38. The van der Waals surface area contributed by atoms with Crippen molar-refractivity contribution < 1.29 is 19.2 Å². The molecule has 0 radical (unpaired) electrons. The lowest BCUT2D eigenvalue weighted by molar-refractivity contribution is -0.387. The number of esters is 1. The van der Waals surface area contributed by atoms with Crippen LogP contribution in [0.1, 0.15) is 31.8 Å². The van der Waals surface area contributed by atoms with E-state index in [1.54, 1.807) is 12.3 Å². The second-order valence-corrected chi connectivity index (χ2v) is 6.31. The average molecular weight is 359 g/mol. The fraction of sp³-hybridized carbons (Fsp3) is 0.222. The summed E-state index contributed by atoms with van der Waals surface area (Å²) < 4.78 is 5.02. The van der Waals surface area contributed by atoms with Crippen molar-refractivity contribution in [2.75, 3.05) is 12.9 Å². The molecule has 0 fully saturated rings. The number of nitro benzene ring substituents is 1. The molecule has 0 aromatic heterocycles. The zero-order valence-electron chi connectivity index (χ0n) is 14.1. The Hall–Kier alpha value is -2.67. The van der Waals surface area contributed by atoms with Gasteiger partial charge < -0.3 is 4.74 Å². The van der Waals surface area contributed by atoms with Crippen LogP contribution in [0.25, 0.3) is 0 Å². The number of nitrogens with zero attached hydrogens (tertiary/aromatic N) is 1. The molecule has 0 saturated carbocycles. The molecule has 0 heterocycles. The summed E-state index contributed by atoms with van der Waals surface area (Å²) in [6.45, 7) is 3.32. The number of carbonyl (C=O) groups is 2. The lowest BCUT2D eigenvalue weighted by atomic mass is 10.0. The Morgan fingerprint density at radius 3 is 2.48 bits per heavy atom. The van der Waals surface area contributed by atoms with Crippen molar-refractivity contribution in [3.63, 3.8) is 0 Å². The molecule has 2 rings (SSSR count). The third-order valence-electron chi connectivity index (χ3n) is 3.63. The molecule has 130 valence electrons. The van der Waals surface area contributed by atoms with Crippen LogP contribution < -0.4 is 0 Å². The van der Waals surface area contributed by atoms with Gasteiger partial charge in [0.2, 0.25) is 5.78 Å². The van der Waals surface area contributed by atoms with E-state index in [9.17, 15) is 19.7 Å². The summed E-state index contributed by atoms with van der Waals surface area (Å²) in [4.78, 5) is 35.2. The molecule has 0 aliphatic heterocycles. The summed E-state index contributed by atoms with van der Waals surface area (Å²) in [5, 5.41) is 11.1. The number of aryl methyl sites for hydroxylation is 2. The maximum atomic E-state index is 12.2. The lowest BCUT2D eigenvalue weighted by Crippen LogP contribution is -2.15. The highest BCUT2D eigenvalue weighted by Gasteiger charge is 2.19. The van der Waals surface area contributed by atoms with E-state index in [0.717, 1.165) is 17.2 Å². The van der Waals surface area contributed by atoms with Gasteiger partial charge in [-0.1, -0.05) is 23.8 Å². The highest BCUT2D eigenvalue weighted by Crippen LogP contribution is 2.28. The molecule has 0 spiro atoms. The Balaban J connectivity index is 2.11. The molecule has 0 saturated heterocycles. The summed E-state index contributed by atoms with van der Waals surface area (Å²) >= 11 is 1.21. The number of carbonyl (C=O) groups excluding carboxylic acids is 2. The van der Waals surface area contributed by atoms with Gasteiger partial charge in [-0.3, -0.25) is 14.9 Å². The van der Waals surface area contributed by atoms with Crippen molar-refractivity contribution in [1.82, 2.24) is 0 Å². The summed E-state index contributed by atoms with van der Waals surface area (Å²) in [6.07, 6.45) is 1.71. The van der Waals surface area contributed by atoms with E-state index in [2.05, 4.69) is 0 Å². The quantitative estimate of drug-likeness (QED) is 0.255. The van der Waals surface area contributed by atoms with Crippen molar-refractivity contribution in [1.29, 1.82) is 0 Å². The summed E-state index contributed by atoms with van der Waals surface area (Å²) in [7, 11) is 0. The molecule has 2 aromatic rings. The SMILES string of the molecule is CSc1ccc(C(=O)OCC(=O)c2ccc(C)cc2C)cc1[N+](=O)[O-]. The molecule has 7 heteroatoms.